The number of benzene rings is 1. The number of amides is 1. The van der Waals surface area contributed by atoms with Gasteiger partial charge in [-0.3, -0.25) is 4.79 Å². The Hall–Kier alpha value is -1.80. The third-order valence-electron chi connectivity index (χ3n) is 2.19. The minimum absolute atomic E-state index is 0.00398. The Bertz CT molecular complexity index is 542. The van der Waals surface area contributed by atoms with E-state index in [0.717, 1.165) is 0 Å². The van der Waals surface area contributed by atoms with Crippen LogP contribution in [0, 0.1) is 0 Å². The van der Waals surface area contributed by atoms with Gasteiger partial charge in [0.2, 0.25) is 15.9 Å². The van der Waals surface area contributed by atoms with Crippen LogP contribution in [0.4, 0.5) is 11.4 Å². The molecule has 18 heavy (non-hydrogen) atoms. The number of hydrogen-bond donors (Lipinski definition) is 4. The fraction of sp³-hybridized carbons (Fsp3) is 0.300. The minimum Gasteiger partial charge on any atom is -0.396 e. The van der Waals surface area contributed by atoms with E-state index in [1.54, 1.807) is 13.0 Å². The molecule has 0 spiro atoms. The summed E-state index contributed by atoms with van der Waals surface area (Å²) < 4.78 is 22.5. The van der Waals surface area contributed by atoms with Crippen LogP contribution in [0.2, 0.25) is 0 Å². The highest BCUT2D eigenvalue weighted by atomic mass is 32.2. The topological polar surface area (TPSA) is 127 Å². The van der Waals surface area contributed by atoms with E-state index < -0.39 is 10.0 Å². The van der Waals surface area contributed by atoms with Crippen molar-refractivity contribution < 1.29 is 13.2 Å². The van der Waals surface area contributed by atoms with Gasteiger partial charge in [-0.2, -0.15) is 0 Å². The maximum Gasteiger partial charge on any atom is 0.240 e. The van der Waals surface area contributed by atoms with E-state index in [2.05, 4.69) is 10.6 Å². The van der Waals surface area contributed by atoms with Gasteiger partial charge in [0.05, 0.1) is 17.9 Å². The molecule has 1 amide bonds. The molecule has 1 rings (SSSR count). The third kappa shape index (κ3) is 3.60. The number of carbonyl (C=O) groups excluding carboxylic acids is 1. The summed E-state index contributed by atoms with van der Waals surface area (Å²) in [6.07, 6.45) is 0. The van der Waals surface area contributed by atoms with E-state index >= 15 is 0 Å². The van der Waals surface area contributed by atoms with Gasteiger partial charge in [-0.05, 0) is 19.1 Å². The van der Waals surface area contributed by atoms with Gasteiger partial charge in [0.25, 0.3) is 0 Å². The van der Waals surface area contributed by atoms with Gasteiger partial charge in [-0.15, -0.1) is 0 Å². The van der Waals surface area contributed by atoms with E-state index in [4.69, 9.17) is 10.9 Å². The first-order valence-corrected chi connectivity index (χ1v) is 6.82. The van der Waals surface area contributed by atoms with Crippen molar-refractivity contribution >= 4 is 27.3 Å². The Morgan fingerprint density at radius 2 is 2.06 bits per heavy atom. The first-order valence-electron chi connectivity index (χ1n) is 5.28. The monoisotopic (exact) mass is 272 g/mol. The quantitative estimate of drug-likeness (QED) is 0.535. The average molecular weight is 272 g/mol. The molecular formula is C10H16N4O3S. The highest BCUT2D eigenvalue weighted by Gasteiger charge is 2.14. The molecule has 0 aliphatic rings. The third-order valence-corrected chi connectivity index (χ3v) is 3.16. The lowest BCUT2D eigenvalue weighted by molar-refractivity contribution is -0.119. The molecule has 0 saturated carbocycles. The fourth-order valence-electron chi connectivity index (χ4n) is 1.38. The second kappa shape index (κ2) is 5.69. The number of rotatable bonds is 5. The van der Waals surface area contributed by atoms with Crippen LogP contribution < -0.4 is 21.5 Å². The first-order chi connectivity index (χ1) is 8.36. The van der Waals surface area contributed by atoms with Crippen molar-refractivity contribution in [1.29, 1.82) is 0 Å². The summed E-state index contributed by atoms with van der Waals surface area (Å²) in [5, 5.41) is 10.4. The zero-order chi connectivity index (χ0) is 13.8. The Labute approximate surface area is 106 Å². The number of likely N-dealkylation sites (N-methyl/N-ethyl adjacent to an activating group) is 1. The van der Waals surface area contributed by atoms with Crippen molar-refractivity contribution in [2.75, 3.05) is 24.1 Å². The van der Waals surface area contributed by atoms with E-state index in [-0.39, 0.29) is 23.0 Å². The number of carbonyl (C=O) groups is 1. The lowest BCUT2D eigenvalue weighted by Crippen LogP contribution is -2.29. The van der Waals surface area contributed by atoms with Gasteiger partial charge in [0.1, 0.15) is 4.90 Å². The number of para-hydroxylation sites is 1. The Morgan fingerprint density at radius 1 is 1.39 bits per heavy atom. The molecular weight excluding hydrogens is 256 g/mol. The lowest BCUT2D eigenvalue weighted by Gasteiger charge is -2.11. The number of anilines is 2. The number of nitrogen functional groups attached to an aromatic ring is 1. The van der Waals surface area contributed by atoms with Crippen molar-refractivity contribution in [3.63, 3.8) is 0 Å². The highest BCUT2D eigenvalue weighted by molar-refractivity contribution is 7.89. The van der Waals surface area contributed by atoms with Crippen molar-refractivity contribution in [3.8, 4) is 0 Å². The Morgan fingerprint density at radius 3 is 2.61 bits per heavy atom. The normalized spacial score (nSPS) is 11.0. The summed E-state index contributed by atoms with van der Waals surface area (Å²) in [7, 11) is -3.87. The number of primary sulfonamides is 1. The average Bonchev–Trinajstić information content (AvgIpc) is 2.26. The molecule has 1 aromatic rings. The molecule has 0 heterocycles. The minimum atomic E-state index is -3.87. The first kappa shape index (κ1) is 14.3. The van der Waals surface area contributed by atoms with Crippen LogP contribution in [0.3, 0.4) is 0 Å². The molecule has 0 aromatic heterocycles. The predicted octanol–water partition coefficient (Wildman–Crippen LogP) is -0.536. The molecule has 0 aliphatic carbocycles. The number of nitrogens with two attached hydrogens (primary N) is 2. The van der Waals surface area contributed by atoms with E-state index in [1.807, 2.05) is 0 Å². The largest absolute Gasteiger partial charge is 0.396 e. The molecule has 0 saturated heterocycles. The number of sulfonamides is 1. The van der Waals surface area contributed by atoms with Gasteiger partial charge in [0, 0.05) is 6.54 Å². The van der Waals surface area contributed by atoms with Crippen LogP contribution in [-0.4, -0.2) is 27.4 Å². The van der Waals surface area contributed by atoms with E-state index in [0.29, 0.717) is 12.2 Å². The summed E-state index contributed by atoms with van der Waals surface area (Å²) in [4.78, 5) is 11.1. The zero-order valence-corrected chi connectivity index (χ0v) is 10.8. The maximum absolute atomic E-state index is 11.3. The maximum atomic E-state index is 11.3. The Kier molecular flexibility index (Phi) is 4.51. The molecule has 8 heteroatoms. The van der Waals surface area contributed by atoms with Crippen molar-refractivity contribution in [2.24, 2.45) is 5.14 Å². The van der Waals surface area contributed by atoms with Gasteiger partial charge in [0.15, 0.2) is 0 Å². The summed E-state index contributed by atoms with van der Waals surface area (Å²) in [5.74, 6) is -0.210. The van der Waals surface area contributed by atoms with Gasteiger partial charge < -0.3 is 16.4 Å². The smallest absolute Gasteiger partial charge is 0.240 e. The molecule has 0 aliphatic heterocycles. The Balaban J connectivity index is 2.89. The van der Waals surface area contributed by atoms with Crippen molar-refractivity contribution in [3.05, 3.63) is 18.2 Å². The number of hydrogen-bond acceptors (Lipinski definition) is 5. The van der Waals surface area contributed by atoms with E-state index in [9.17, 15) is 13.2 Å². The van der Waals surface area contributed by atoms with Crippen LogP contribution in [0.5, 0.6) is 0 Å². The molecule has 7 nitrogen and oxygen atoms in total. The highest BCUT2D eigenvalue weighted by Crippen LogP contribution is 2.25. The summed E-state index contributed by atoms with van der Waals surface area (Å²) in [5.41, 5.74) is 6.03. The van der Waals surface area contributed by atoms with Crippen LogP contribution >= 0.6 is 0 Å². The molecule has 0 fully saturated rings. The van der Waals surface area contributed by atoms with Crippen LogP contribution in [0.15, 0.2) is 23.1 Å². The molecule has 0 radical (unpaired) electrons. The number of nitrogens with one attached hydrogen (secondary N) is 2. The molecule has 0 bridgehead atoms. The van der Waals surface area contributed by atoms with Crippen molar-refractivity contribution in [1.82, 2.24) is 5.32 Å². The predicted molar refractivity (Wildman–Crippen MR) is 69.4 cm³/mol. The standard InChI is InChI=1S/C10H16N4O3S/c1-2-13-9(15)6-14-7-4-3-5-8(10(7)11)18(12,16)17/h3-5,14H,2,6,11H2,1H3,(H,13,15)(H2,12,16,17). The second-order valence-corrected chi connectivity index (χ2v) is 5.10. The van der Waals surface area contributed by atoms with Crippen molar-refractivity contribution in [2.45, 2.75) is 11.8 Å². The van der Waals surface area contributed by atoms with Gasteiger partial charge >= 0.3 is 0 Å². The van der Waals surface area contributed by atoms with Crippen LogP contribution in [0.1, 0.15) is 6.92 Å². The lowest BCUT2D eigenvalue weighted by atomic mass is 10.2. The SMILES string of the molecule is CCNC(=O)CNc1cccc(S(N)(=O)=O)c1N. The fourth-order valence-corrected chi connectivity index (χ4v) is 2.07. The molecule has 0 unspecified atom stereocenters. The van der Waals surface area contributed by atoms with Crippen LogP contribution in [-0.2, 0) is 14.8 Å². The van der Waals surface area contributed by atoms with E-state index in [1.165, 1.54) is 12.1 Å². The van der Waals surface area contributed by atoms with Gasteiger partial charge in [-0.25, -0.2) is 13.6 Å². The summed E-state index contributed by atoms with van der Waals surface area (Å²) in [6, 6.07) is 4.38. The molecule has 1 aromatic carbocycles. The zero-order valence-electron chi connectivity index (χ0n) is 9.93. The molecule has 100 valence electrons. The van der Waals surface area contributed by atoms with Gasteiger partial charge in [-0.1, -0.05) is 6.07 Å². The summed E-state index contributed by atoms with van der Waals surface area (Å²) >= 11 is 0. The second-order valence-electron chi connectivity index (χ2n) is 3.57. The summed E-state index contributed by atoms with van der Waals surface area (Å²) in [6.45, 7) is 2.33. The van der Waals surface area contributed by atoms with Crippen LogP contribution in [0.25, 0.3) is 0 Å². The molecule has 0 atom stereocenters. The molecule has 6 N–H and O–H groups in total.